The van der Waals surface area contributed by atoms with Crippen LogP contribution in [0.5, 0.6) is 0 Å². The predicted molar refractivity (Wildman–Crippen MR) is 67.6 cm³/mol. The van der Waals surface area contributed by atoms with E-state index in [9.17, 15) is 14.4 Å². The molecule has 1 aromatic rings. The summed E-state index contributed by atoms with van der Waals surface area (Å²) in [5.41, 5.74) is 0.831. The van der Waals surface area contributed by atoms with E-state index in [2.05, 4.69) is 0 Å². The Kier molecular flexibility index (Phi) is 5.22. The van der Waals surface area contributed by atoms with Crippen LogP contribution in [0.3, 0.4) is 0 Å². The molecule has 7 heteroatoms. The average Bonchev–Trinajstić information content (AvgIpc) is 2.38. The second-order valence-corrected chi connectivity index (χ2v) is 4.08. The van der Waals surface area contributed by atoms with Crippen LogP contribution in [-0.4, -0.2) is 45.8 Å². The first-order chi connectivity index (χ1) is 9.38. The Bertz CT molecular complexity index is 527. The van der Waals surface area contributed by atoms with E-state index in [0.29, 0.717) is 10.6 Å². The first-order valence-corrected chi connectivity index (χ1v) is 5.79. The molecule has 108 valence electrons. The van der Waals surface area contributed by atoms with Gasteiger partial charge in [-0.1, -0.05) is 18.2 Å². The number of rotatable bonds is 4. The molecule has 0 spiro atoms. The van der Waals surface area contributed by atoms with Gasteiger partial charge in [-0.05, 0) is 18.6 Å². The van der Waals surface area contributed by atoms with Gasteiger partial charge in [0.25, 0.3) is 5.91 Å². The number of carbonyl (C=O) groups excluding carboxylic acids is 2. The van der Waals surface area contributed by atoms with E-state index < -0.39 is 30.5 Å². The lowest BCUT2D eigenvalue weighted by atomic mass is 10.1. The number of amides is 1. The Morgan fingerprint density at radius 2 is 1.90 bits per heavy atom. The first-order valence-electron chi connectivity index (χ1n) is 5.79. The van der Waals surface area contributed by atoms with E-state index in [4.69, 9.17) is 15.1 Å². The number of aliphatic carboxylic acids is 1. The summed E-state index contributed by atoms with van der Waals surface area (Å²) in [4.78, 5) is 39.0. The second kappa shape index (κ2) is 6.67. The van der Waals surface area contributed by atoms with Gasteiger partial charge in [-0.2, -0.15) is 5.06 Å². The number of carbonyl (C=O) groups is 3. The van der Waals surface area contributed by atoms with Crippen LogP contribution in [0, 0.1) is 6.92 Å². The van der Waals surface area contributed by atoms with Gasteiger partial charge >= 0.3 is 11.9 Å². The lowest BCUT2D eigenvalue weighted by Gasteiger charge is -2.24. The highest BCUT2D eigenvalue weighted by atomic mass is 16.7. The molecule has 0 bridgehead atoms. The summed E-state index contributed by atoms with van der Waals surface area (Å²) in [5, 5.41) is 18.2. The number of benzene rings is 1. The van der Waals surface area contributed by atoms with Crippen molar-refractivity contribution in [3.8, 4) is 0 Å². The zero-order valence-corrected chi connectivity index (χ0v) is 11.1. The Morgan fingerprint density at radius 3 is 2.35 bits per heavy atom. The predicted octanol–water partition coefficient (Wildman–Crippen LogP) is 0.361. The molecule has 0 saturated heterocycles. The monoisotopic (exact) mass is 281 g/mol. The molecule has 0 aliphatic heterocycles. The van der Waals surface area contributed by atoms with E-state index in [-0.39, 0.29) is 5.56 Å². The van der Waals surface area contributed by atoms with Crippen molar-refractivity contribution in [1.29, 1.82) is 0 Å². The van der Waals surface area contributed by atoms with Crippen LogP contribution < -0.4 is 0 Å². The summed E-state index contributed by atoms with van der Waals surface area (Å²) in [7, 11) is 0. The van der Waals surface area contributed by atoms with Crippen LogP contribution in [0.4, 0.5) is 0 Å². The molecule has 0 radical (unpaired) electrons. The van der Waals surface area contributed by atoms with Gasteiger partial charge in [0.2, 0.25) is 0 Å². The van der Waals surface area contributed by atoms with E-state index in [0.717, 1.165) is 6.92 Å². The number of nitrogens with zero attached hydrogens (tertiary/aromatic N) is 1. The number of aliphatic hydroxyl groups is 1. The molecule has 20 heavy (non-hydrogen) atoms. The number of aliphatic hydroxyl groups excluding tert-OH is 1. The molecule has 7 nitrogen and oxygen atoms in total. The number of carboxylic acids is 1. The highest BCUT2D eigenvalue weighted by Crippen LogP contribution is 2.11. The van der Waals surface area contributed by atoms with E-state index in [1.54, 1.807) is 25.1 Å². The molecule has 0 unspecified atom stereocenters. The smallest absolute Gasteiger partial charge is 0.363 e. The molecule has 0 fully saturated rings. The zero-order valence-electron chi connectivity index (χ0n) is 11.1. The van der Waals surface area contributed by atoms with Crippen LogP contribution in [-0.2, 0) is 14.4 Å². The van der Waals surface area contributed by atoms with Crippen molar-refractivity contribution in [3.63, 3.8) is 0 Å². The molecule has 0 aromatic heterocycles. The Morgan fingerprint density at radius 1 is 1.30 bits per heavy atom. The third-order valence-corrected chi connectivity index (χ3v) is 2.60. The van der Waals surface area contributed by atoms with Gasteiger partial charge in [0.05, 0.1) is 12.2 Å². The molecule has 0 saturated carbocycles. The summed E-state index contributed by atoms with van der Waals surface area (Å²) in [6.45, 7) is 1.85. The van der Waals surface area contributed by atoms with Crippen molar-refractivity contribution in [2.75, 3.05) is 6.61 Å². The molecular weight excluding hydrogens is 266 g/mol. The summed E-state index contributed by atoms with van der Waals surface area (Å²) < 4.78 is 0. The minimum absolute atomic E-state index is 0.209. The van der Waals surface area contributed by atoms with Gasteiger partial charge < -0.3 is 15.1 Å². The standard InChI is InChI=1S/C13H15NO6/c1-8-5-3-4-6-10(8)13(19)20-14(9(2)16)11(7-15)12(17)18/h3-6,11,15H,7H2,1-2H3,(H,17,18)/t11-/m0/s1. The van der Waals surface area contributed by atoms with Gasteiger partial charge in [-0.25, -0.2) is 9.59 Å². The molecular formula is C13H15NO6. The third kappa shape index (κ3) is 3.55. The third-order valence-electron chi connectivity index (χ3n) is 2.60. The largest absolute Gasteiger partial charge is 0.480 e. The summed E-state index contributed by atoms with van der Waals surface area (Å²) in [6.07, 6.45) is 0. The van der Waals surface area contributed by atoms with E-state index in [1.807, 2.05) is 0 Å². The maximum absolute atomic E-state index is 11.9. The zero-order chi connectivity index (χ0) is 15.3. The number of hydrogen-bond donors (Lipinski definition) is 2. The number of hydrogen-bond acceptors (Lipinski definition) is 5. The highest BCUT2D eigenvalue weighted by molar-refractivity contribution is 5.92. The molecule has 1 rings (SSSR count). The van der Waals surface area contributed by atoms with E-state index in [1.165, 1.54) is 6.07 Å². The fraction of sp³-hybridized carbons (Fsp3) is 0.308. The van der Waals surface area contributed by atoms with Crippen molar-refractivity contribution in [2.24, 2.45) is 0 Å². The van der Waals surface area contributed by atoms with Crippen molar-refractivity contribution < 1.29 is 29.4 Å². The van der Waals surface area contributed by atoms with Crippen LogP contribution in [0.15, 0.2) is 24.3 Å². The Hall–Kier alpha value is -2.41. The van der Waals surface area contributed by atoms with Crippen molar-refractivity contribution in [2.45, 2.75) is 19.9 Å². The molecule has 0 aliphatic carbocycles. The minimum Gasteiger partial charge on any atom is -0.480 e. The average molecular weight is 281 g/mol. The molecule has 1 aromatic carbocycles. The van der Waals surface area contributed by atoms with E-state index >= 15 is 0 Å². The molecule has 1 amide bonds. The van der Waals surface area contributed by atoms with Gasteiger partial charge in [-0.3, -0.25) is 4.79 Å². The Balaban J connectivity index is 2.97. The van der Waals surface area contributed by atoms with Crippen LogP contribution in [0.2, 0.25) is 0 Å². The molecule has 0 heterocycles. The van der Waals surface area contributed by atoms with Crippen molar-refractivity contribution >= 4 is 17.8 Å². The normalized spacial score (nSPS) is 11.6. The topological polar surface area (TPSA) is 104 Å². The number of aryl methyl sites for hydroxylation is 1. The molecule has 2 N–H and O–H groups in total. The summed E-state index contributed by atoms with van der Waals surface area (Å²) in [5.74, 6) is -3.13. The maximum Gasteiger partial charge on any atom is 0.363 e. The number of carboxylic acid groups (broad SMARTS) is 1. The van der Waals surface area contributed by atoms with Gasteiger partial charge in [0, 0.05) is 6.92 Å². The molecule has 0 aliphatic rings. The second-order valence-electron chi connectivity index (χ2n) is 4.08. The lowest BCUT2D eigenvalue weighted by molar-refractivity contribution is -0.188. The minimum atomic E-state index is -1.64. The van der Waals surface area contributed by atoms with Crippen molar-refractivity contribution in [3.05, 3.63) is 35.4 Å². The quantitative estimate of drug-likeness (QED) is 0.772. The van der Waals surface area contributed by atoms with Crippen LogP contribution >= 0.6 is 0 Å². The highest BCUT2D eigenvalue weighted by Gasteiger charge is 2.31. The fourth-order valence-corrected chi connectivity index (χ4v) is 1.54. The SMILES string of the molecule is CC(=O)N(OC(=O)c1ccccc1C)[C@@H](CO)C(=O)O. The van der Waals surface area contributed by atoms with Gasteiger partial charge in [0.15, 0.2) is 6.04 Å². The Labute approximate surface area is 115 Å². The maximum atomic E-state index is 11.9. The fourth-order valence-electron chi connectivity index (χ4n) is 1.54. The van der Waals surface area contributed by atoms with Crippen molar-refractivity contribution in [1.82, 2.24) is 5.06 Å². The summed E-state index contributed by atoms with van der Waals surface area (Å²) >= 11 is 0. The number of hydroxylamine groups is 2. The lowest BCUT2D eigenvalue weighted by Crippen LogP contribution is -2.47. The van der Waals surface area contributed by atoms with Gasteiger partial charge in [-0.15, -0.1) is 0 Å². The van der Waals surface area contributed by atoms with Crippen LogP contribution in [0.25, 0.3) is 0 Å². The van der Waals surface area contributed by atoms with Gasteiger partial charge in [0.1, 0.15) is 0 Å². The van der Waals surface area contributed by atoms with Crippen LogP contribution in [0.1, 0.15) is 22.8 Å². The summed E-state index contributed by atoms with van der Waals surface area (Å²) in [6, 6.07) is 4.87. The first kappa shape index (κ1) is 15.6. The molecule has 1 atom stereocenters.